The van der Waals surface area contributed by atoms with Crippen molar-refractivity contribution in [3.8, 4) is 0 Å². The molecule has 2 aromatic rings. The number of ether oxygens (including phenoxy) is 2. The molecule has 0 unspecified atom stereocenters. The lowest BCUT2D eigenvalue weighted by atomic mass is 9.89. The monoisotopic (exact) mass is 376 g/mol. The van der Waals surface area contributed by atoms with Crippen molar-refractivity contribution in [2.24, 2.45) is 0 Å². The van der Waals surface area contributed by atoms with Crippen LogP contribution in [0.4, 0.5) is 11.5 Å². The van der Waals surface area contributed by atoms with Gasteiger partial charge in [-0.15, -0.1) is 0 Å². The predicted molar refractivity (Wildman–Crippen MR) is 103 cm³/mol. The highest BCUT2D eigenvalue weighted by Crippen LogP contribution is 2.42. The van der Waals surface area contributed by atoms with Crippen molar-refractivity contribution in [3.63, 3.8) is 0 Å². The minimum Gasteiger partial charge on any atom is -0.465 e. The Hall–Kier alpha value is -1.86. The van der Waals surface area contributed by atoms with Gasteiger partial charge in [-0.1, -0.05) is 11.3 Å². The van der Waals surface area contributed by atoms with Crippen molar-refractivity contribution in [3.05, 3.63) is 16.0 Å². The van der Waals surface area contributed by atoms with Crippen molar-refractivity contribution in [2.45, 2.75) is 51.7 Å². The third-order valence-corrected chi connectivity index (χ3v) is 6.48. The number of methoxy groups -OCH3 is 1. The zero-order chi connectivity index (χ0) is 18.5. The van der Waals surface area contributed by atoms with E-state index in [1.54, 1.807) is 0 Å². The van der Waals surface area contributed by atoms with Crippen molar-refractivity contribution < 1.29 is 19.3 Å². The van der Waals surface area contributed by atoms with Gasteiger partial charge in [-0.05, 0) is 38.7 Å². The first-order chi connectivity index (χ1) is 12.4. The zero-order valence-corrected chi connectivity index (χ0v) is 16.4. The fourth-order valence-corrected chi connectivity index (χ4v) is 5.10. The van der Waals surface area contributed by atoms with Crippen molar-refractivity contribution in [1.82, 2.24) is 0 Å². The minimum absolute atomic E-state index is 0.250. The van der Waals surface area contributed by atoms with Gasteiger partial charge in [0.2, 0.25) is 0 Å². The first kappa shape index (κ1) is 17.5. The average molecular weight is 377 g/mol. The van der Waals surface area contributed by atoms with Crippen LogP contribution in [-0.2, 0) is 22.5 Å². The average Bonchev–Trinajstić information content (AvgIpc) is 2.97. The first-order valence-electron chi connectivity index (χ1n) is 9.17. The number of carbonyl (C=O) groups is 1. The normalized spacial score (nSPS) is 19.4. The van der Waals surface area contributed by atoms with E-state index in [2.05, 4.69) is 23.7 Å². The van der Waals surface area contributed by atoms with Gasteiger partial charge in [0.15, 0.2) is 4.83 Å². The molecule has 3 N–H and O–H groups in total. The summed E-state index contributed by atoms with van der Waals surface area (Å²) in [5.41, 5.74) is 9.05. The number of pyridine rings is 1. The third-order valence-electron chi connectivity index (χ3n) is 5.38. The number of H-pyrrole nitrogens is 1. The SMILES string of the molecule is COC(=O)c1sc2[nH+]c(N3CCCCC3)c3c(c2c1N)CC(C)(C)OC3. The number of aromatic amines is 1. The number of rotatable bonds is 2. The molecule has 6 nitrogen and oxygen atoms in total. The van der Waals surface area contributed by atoms with Gasteiger partial charge in [-0.25, -0.2) is 9.78 Å². The first-order valence-corrected chi connectivity index (χ1v) is 9.99. The Kier molecular flexibility index (Phi) is 4.31. The molecule has 2 aromatic heterocycles. The Morgan fingerprint density at radius 1 is 1.27 bits per heavy atom. The van der Waals surface area contributed by atoms with E-state index in [9.17, 15) is 4.79 Å². The Bertz CT molecular complexity index is 869. The van der Waals surface area contributed by atoms with Crippen LogP contribution in [0.3, 0.4) is 0 Å². The molecule has 4 heterocycles. The molecular weight excluding hydrogens is 350 g/mol. The number of fused-ring (bicyclic) bond motifs is 3. The fraction of sp³-hybridized carbons (Fsp3) is 0.579. The van der Waals surface area contributed by atoms with Gasteiger partial charge < -0.3 is 15.2 Å². The summed E-state index contributed by atoms with van der Waals surface area (Å²) in [6, 6.07) is 0. The summed E-state index contributed by atoms with van der Waals surface area (Å²) in [6.45, 7) is 6.85. The third kappa shape index (κ3) is 2.83. The molecule has 0 bridgehead atoms. The fourth-order valence-electron chi connectivity index (χ4n) is 4.03. The number of anilines is 2. The van der Waals surface area contributed by atoms with Crippen LogP contribution in [0, 0.1) is 0 Å². The second-order valence-corrected chi connectivity index (χ2v) is 8.76. The van der Waals surface area contributed by atoms with Crippen LogP contribution in [0.5, 0.6) is 0 Å². The summed E-state index contributed by atoms with van der Waals surface area (Å²) < 4.78 is 11.0. The summed E-state index contributed by atoms with van der Waals surface area (Å²) in [5.74, 6) is 0.747. The molecule has 0 atom stereocenters. The molecule has 1 fully saturated rings. The van der Waals surface area contributed by atoms with Gasteiger partial charge in [0.25, 0.3) is 5.82 Å². The number of hydrogen-bond acceptors (Lipinski definition) is 6. The van der Waals surface area contributed by atoms with E-state index < -0.39 is 0 Å². The van der Waals surface area contributed by atoms with Crippen LogP contribution >= 0.6 is 11.3 Å². The van der Waals surface area contributed by atoms with Crippen LogP contribution in [0.2, 0.25) is 0 Å². The number of thiophene rings is 1. The number of esters is 1. The van der Waals surface area contributed by atoms with E-state index >= 15 is 0 Å². The van der Waals surface area contributed by atoms with Crippen LogP contribution < -0.4 is 15.6 Å². The number of nitrogens with one attached hydrogen (secondary N) is 1. The lowest BCUT2D eigenvalue weighted by Gasteiger charge is -2.33. The molecule has 0 saturated carbocycles. The van der Waals surface area contributed by atoms with E-state index in [1.807, 2.05) is 0 Å². The molecule has 0 radical (unpaired) electrons. The number of nitrogens with zero attached hydrogens (tertiary/aromatic N) is 1. The van der Waals surface area contributed by atoms with Gasteiger partial charge >= 0.3 is 5.97 Å². The molecule has 0 amide bonds. The summed E-state index contributed by atoms with van der Waals surface area (Å²) in [6.07, 6.45) is 4.46. The largest absolute Gasteiger partial charge is 0.465 e. The van der Waals surface area contributed by atoms with Gasteiger partial charge in [-0.3, -0.25) is 4.90 Å². The highest BCUT2D eigenvalue weighted by molar-refractivity contribution is 7.20. The summed E-state index contributed by atoms with van der Waals surface area (Å²) in [7, 11) is 1.39. The zero-order valence-electron chi connectivity index (χ0n) is 15.6. The Morgan fingerprint density at radius 3 is 2.69 bits per heavy atom. The van der Waals surface area contributed by atoms with E-state index in [1.165, 1.54) is 48.8 Å². The maximum Gasteiger partial charge on any atom is 0.350 e. The number of piperidine rings is 1. The summed E-state index contributed by atoms with van der Waals surface area (Å²) >= 11 is 1.39. The highest BCUT2D eigenvalue weighted by atomic mass is 32.1. The van der Waals surface area contributed by atoms with Gasteiger partial charge in [0.05, 0.1) is 49.0 Å². The number of carbonyl (C=O) groups excluding carboxylic acids is 1. The van der Waals surface area contributed by atoms with Crippen LogP contribution in [0.15, 0.2) is 0 Å². The number of nitrogens with two attached hydrogens (primary N) is 1. The molecule has 4 rings (SSSR count). The summed E-state index contributed by atoms with van der Waals surface area (Å²) in [4.78, 5) is 19.5. The summed E-state index contributed by atoms with van der Waals surface area (Å²) in [5, 5.41) is 0.961. The molecule has 140 valence electrons. The molecular formula is C19H26N3O3S+. The standard InChI is InChI=1S/C19H25N3O3S/c1-19(2)9-11-12(10-25-19)16(22-7-5-4-6-8-22)21-17-13(11)14(20)15(26-17)18(23)24-3/h4-10,20H2,1-3H3/p+1. The van der Waals surface area contributed by atoms with Crippen LogP contribution in [0.25, 0.3) is 10.2 Å². The topological polar surface area (TPSA) is 78.9 Å². The smallest absolute Gasteiger partial charge is 0.350 e. The number of nitrogen functional groups attached to an aromatic ring is 1. The molecule has 7 heteroatoms. The van der Waals surface area contributed by atoms with Crippen LogP contribution in [-0.4, -0.2) is 31.8 Å². The molecule has 1 saturated heterocycles. The van der Waals surface area contributed by atoms with Crippen LogP contribution in [0.1, 0.15) is 53.9 Å². The molecule has 0 spiro atoms. The van der Waals surface area contributed by atoms with E-state index in [0.717, 1.165) is 35.5 Å². The maximum absolute atomic E-state index is 12.1. The Balaban J connectivity index is 1.95. The van der Waals surface area contributed by atoms with Gasteiger partial charge in [-0.2, -0.15) is 0 Å². The Labute approximate surface area is 157 Å². The van der Waals surface area contributed by atoms with Crippen molar-refractivity contribution in [1.29, 1.82) is 0 Å². The minimum atomic E-state index is -0.378. The van der Waals surface area contributed by atoms with Gasteiger partial charge in [0.1, 0.15) is 4.88 Å². The maximum atomic E-state index is 12.1. The molecule has 2 aliphatic rings. The lowest BCUT2D eigenvalue weighted by Crippen LogP contribution is -2.39. The molecule has 26 heavy (non-hydrogen) atoms. The molecule has 2 aliphatic heterocycles. The second kappa shape index (κ2) is 6.39. The Morgan fingerprint density at radius 2 is 2.00 bits per heavy atom. The van der Waals surface area contributed by atoms with E-state index in [4.69, 9.17) is 15.2 Å². The molecule has 0 aromatic carbocycles. The molecule has 0 aliphatic carbocycles. The van der Waals surface area contributed by atoms with Crippen molar-refractivity contribution in [2.75, 3.05) is 30.8 Å². The van der Waals surface area contributed by atoms with Crippen molar-refractivity contribution >= 4 is 39.0 Å². The number of aromatic nitrogens is 1. The second-order valence-electron chi connectivity index (χ2n) is 7.74. The lowest BCUT2D eigenvalue weighted by molar-refractivity contribution is -0.329. The predicted octanol–water partition coefficient (Wildman–Crippen LogP) is 2.93. The quantitative estimate of drug-likeness (QED) is 0.815. The highest BCUT2D eigenvalue weighted by Gasteiger charge is 2.36. The van der Waals surface area contributed by atoms with E-state index in [-0.39, 0.29) is 11.6 Å². The van der Waals surface area contributed by atoms with Gasteiger partial charge in [0, 0.05) is 6.42 Å². The number of hydrogen-bond donors (Lipinski definition) is 1. The van der Waals surface area contributed by atoms with E-state index in [0.29, 0.717) is 17.2 Å².